The molecule has 234 valence electrons. The third kappa shape index (κ3) is 7.55. The van der Waals surface area contributed by atoms with Crippen molar-refractivity contribution in [3.8, 4) is 0 Å². The molecule has 2 heterocycles. The van der Waals surface area contributed by atoms with Gasteiger partial charge in [0.05, 0.1) is 22.3 Å². The number of Topliss-reactive ketones (excluding diaryl/α,β-unsaturated/α-hetero) is 1. The van der Waals surface area contributed by atoms with Gasteiger partial charge in [-0.25, -0.2) is 4.98 Å². The maximum Gasteiger partial charge on any atom is 0.243 e. The number of carbonyl (C=O) groups excluding carboxylic acids is 3. The van der Waals surface area contributed by atoms with Gasteiger partial charge < -0.3 is 27.0 Å². The molecule has 3 aromatic carbocycles. The molecule has 1 unspecified atom stereocenters. The average Bonchev–Trinajstić information content (AvgIpc) is 3.73. The van der Waals surface area contributed by atoms with Crippen LogP contribution in [0.3, 0.4) is 0 Å². The zero-order valence-corrected chi connectivity index (χ0v) is 26.1. The number of nitrogens with one attached hydrogen (secondary N) is 2. The Bertz CT molecular complexity index is 1570. The molecule has 6 N–H and O–H groups in total. The summed E-state index contributed by atoms with van der Waals surface area (Å²) in [7, 11) is 1.77. The van der Waals surface area contributed by atoms with Gasteiger partial charge in [-0.2, -0.15) is 0 Å². The molecule has 4 aromatic rings. The highest BCUT2D eigenvalue weighted by Crippen LogP contribution is 2.31. The maximum absolute atomic E-state index is 14.3. The Morgan fingerprint density at radius 2 is 1.62 bits per heavy atom. The van der Waals surface area contributed by atoms with Crippen LogP contribution in [0.1, 0.15) is 52.5 Å². The molecule has 1 saturated heterocycles. The highest BCUT2D eigenvalue weighted by atomic mass is 32.1. The van der Waals surface area contributed by atoms with E-state index in [2.05, 4.69) is 20.6 Å². The fraction of sp³-hybridized carbons (Fsp3) is 0.324. The van der Waals surface area contributed by atoms with Crippen LogP contribution in [0.4, 0.5) is 0 Å². The van der Waals surface area contributed by atoms with Crippen LogP contribution in [-0.4, -0.2) is 71.7 Å². The van der Waals surface area contributed by atoms with Crippen molar-refractivity contribution in [1.29, 1.82) is 0 Å². The lowest BCUT2D eigenvalue weighted by Crippen LogP contribution is -2.55. The summed E-state index contributed by atoms with van der Waals surface area (Å²) in [5.41, 5.74) is 13.7. The molecule has 0 radical (unpaired) electrons. The van der Waals surface area contributed by atoms with Gasteiger partial charge in [0.2, 0.25) is 17.6 Å². The zero-order chi connectivity index (χ0) is 31.8. The molecule has 1 aliphatic rings. The van der Waals surface area contributed by atoms with Crippen LogP contribution in [0, 0.1) is 0 Å². The van der Waals surface area contributed by atoms with E-state index in [1.54, 1.807) is 11.9 Å². The first-order valence-corrected chi connectivity index (χ1v) is 16.0. The highest BCUT2D eigenvalue weighted by Gasteiger charge is 2.41. The number of amides is 2. The number of hydrogen-bond donors (Lipinski definition) is 4. The number of fused-ring (bicyclic) bond motifs is 1. The van der Waals surface area contributed by atoms with Gasteiger partial charge in [-0.05, 0) is 56.0 Å². The summed E-state index contributed by atoms with van der Waals surface area (Å²) in [5.74, 6) is -1.08. The van der Waals surface area contributed by atoms with Crippen LogP contribution in [0.25, 0.3) is 10.2 Å². The van der Waals surface area contributed by atoms with Gasteiger partial charge in [-0.1, -0.05) is 72.8 Å². The Balaban J connectivity index is 1.37. The maximum atomic E-state index is 14.3. The molecular weight excluding hydrogens is 586 g/mol. The monoisotopic (exact) mass is 625 g/mol. The number of nitrogens with two attached hydrogens (primary N) is 2. The zero-order valence-electron chi connectivity index (χ0n) is 25.3. The first-order valence-electron chi connectivity index (χ1n) is 15.2. The molecule has 2 amide bonds. The molecule has 5 rings (SSSR count). The Labute approximate surface area is 266 Å². The number of aliphatic imine (C=N–C) groups is 1. The predicted octanol–water partition coefficient (Wildman–Crippen LogP) is 3.43. The molecule has 1 fully saturated rings. The summed E-state index contributed by atoms with van der Waals surface area (Å²) in [6.45, 7) is 0.770. The van der Waals surface area contributed by atoms with Crippen molar-refractivity contribution in [2.75, 3.05) is 20.1 Å². The minimum atomic E-state index is -0.841. The number of aromatic nitrogens is 1. The second-order valence-electron chi connectivity index (χ2n) is 11.1. The Hall–Kier alpha value is -4.61. The molecule has 0 saturated carbocycles. The van der Waals surface area contributed by atoms with Crippen molar-refractivity contribution in [1.82, 2.24) is 20.5 Å². The van der Waals surface area contributed by atoms with Gasteiger partial charge in [-0.3, -0.25) is 19.4 Å². The van der Waals surface area contributed by atoms with Crippen molar-refractivity contribution in [3.63, 3.8) is 0 Å². The lowest BCUT2D eigenvalue weighted by molar-refractivity contribution is -0.140. The molecule has 0 bridgehead atoms. The highest BCUT2D eigenvalue weighted by molar-refractivity contribution is 7.20. The molecule has 1 aliphatic heterocycles. The fourth-order valence-corrected chi connectivity index (χ4v) is 6.94. The minimum absolute atomic E-state index is 0.0309. The summed E-state index contributed by atoms with van der Waals surface area (Å²) in [4.78, 5) is 52.1. The number of benzene rings is 3. The Kier molecular flexibility index (Phi) is 10.5. The van der Waals surface area contributed by atoms with Crippen LogP contribution >= 0.6 is 11.3 Å². The van der Waals surface area contributed by atoms with Crippen LogP contribution < -0.4 is 22.1 Å². The fourth-order valence-electron chi connectivity index (χ4n) is 5.98. The number of para-hydroxylation sites is 1. The minimum Gasteiger partial charge on any atom is -0.370 e. The van der Waals surface area contributed by atoms with Crippen molar-refractivity contribution in [2.24, 2.45) is 16.5 Å². The van der Waals surface area contributed by atoms with Crippen LogP contribution in [-0.2, 0) is 9.59 Å². The largest absolute Gasteiger partial charge is 0.370 e. The smallest absolute Gasteiger partial charge is 0.243 e. The molecular formula is C34H39N7O3S. The molecule has 0 aliphatic carbocycles. The molecule has 10 nitrogen and oxygen atoms in total. The second-order valence-corrected chi connectivity index (χ2v) is 12.1. The van der Waals surface area contributed by atoms with E-state index < -0.39 is 18.1 Å². The van der Waals surface area contributed by atoms with E-state index in [0.29, 0.717) is 43.8 Å². The van der Waals surface area contributed by atoms with E-state index in [4.69, 9.17) is 11.5 Å². The molecule has 1 aromatic heterocycles. The van der Waals surface area contributed by atoms with E-state index in [9.17, 15) is 14.4 Å². The normalized spacial score (nSPS) is 16.0. The summed E-state index contributed by atoms with van der Waals surface area (Å²) >= 11 is 1.30. The van der Waals surface area contributed by atoms with Crippen molar-refractivity contribution in [2.45, 2.75) is 49.7 Å². The first-order chi connectivity index (χ1) is 21.9. The van der Waals surface area contributed by atoms with Gasteiger partial charge in [0.15, 0.2) is 11.0 Å². The van der Waals surface area contributed by atoms with Gasteiger partial charge in [0.25, 0.3) is 0 Å². The Morgan fingerprint density at radius 3 is 2.24 bits per heavy atom. The molecule has 3 atom stereocenters. The second kappa shape index (κ2) is 14.9. The van der Waals surface area contributed by atoms with Crippen LogP contribution in [0.15, 0.2) is 89.9 Å². The van der Waals surface area contributed by atoms with E-state index in [1.807, 2.05) is 84.9 Å². The quantitative estimate of drug-likeness (QED) is 0.0768. The number of nitrogens with zero attached hydrogens (tertiary/aromatic N) is 3. The lowest BCUT2D eigenvalue weighted by Gasteiger charge is -2.33. The van der Waals surface area contributed by atoms with E-state index in [0.717, 1.165) is 21.3 Å². The van der Waals surface area contributed by atoms with Gasteiger partial charge in [0.1, 0.15) is 6.04 Å². The van der Waals surface area contributed by atoms with Crippen molar-refractivity contribution in [3.05, 3.63) is 101 Å². The van der Waals surface area contributed by atoms with Crippen molar-refractivity contribution >= 4 is 45.1 Å². The molecule has 11 heteroatoms. The number of hydrogen-bond acceptors (Lipinski definition) is 7. The summed E-state index contributed by atoms with van der Waals surface area (Å²) in [6.07, 6.45) is 1.99. The predicted molar refractivity (Wildman–Crippen MR) is 178 cm³/mol. The van der Waals surface area contributed by atoms with Gasteiger partial charge in [-0.15, -0.1) is 11.3 Å². The first kappa shape index (κ1) is 31.8. The third-order valence-corrected chi connectivity index (χ3v) is 9.20. The molecule has 0 spiro atoms. The molecule has 45 heavy (non-hydrogen) atoms. The topological polar surface area (TPSA) is 156 Å². The number of ketones is 1. The van der Waals surface area contributed by atoms with Crippen LogP contribution in [0.2, 0.25) is 0 Å². The number of guanidine groups is 1. The standard InChI is InChI=1S/C34H39N7O3S/c1-37-29(28(22-12-4-2-5-13-22)23-14-6-3-7-15-23)33(44)41-21-11-18-26(41)31(43)39-25(17-10-20-38-34(35)36)30(42)32-40-24-16-8-9-19-27(24)45-32/h2-9,12-16,19,25-26,28-29,37H,10-11,17-18,20-21H2,1H3,(H,39,43)(H4,35,36,38)/t25?,26-,29+/m0/s1. The summed E-state index contributed by atoms with van der Waals surface area (Å²) in [5, 5.41) is 6.56. The number of rotatable bonds is 13. The summed E-state index contributed by atoms with van der Waals surface area (Å²) < 4.78 is 0.892. The third-order valence-electron chi connectivity index (χ3n) is 8.15. The van der Waals surface area contributed by atoms with E-state index >= 15 is 0 Å². The van der Waals surface area contributed by atoms with Gasteiger partial charge in [0, 0.05) is 19.0 Å². The van der Waals surface area contributed by atoms with Gasteiger partial charge >= 0.3 is 0 Å². The number of carbonyl (C=O) groups is 3. The van der Waals surface area contributed by atoms with E-state index in [-0.39, 0.29) is 29.5 Å². The lowest BCUT2D eigenvalue weighted by atomic mass is 9.84. The number of likely N-dealkylation sites (tertiary alicyclic amines) is 1. The SMILES string of the molecule is CN[C@@H](C(=O)N1CCC[C@H]1C(=O)NC(CCCN=C(N)N)C(=O)c1nc2ccccc2s1)C(c1ccccc1)c1ccccc1. The average molecular weight is 626 g/mol. The number of thiazole rings is 1. The number of likely N-dealkylation sites (N-methyl/N-ethyl adjacent to an activating group) is 1. The van der Waals surface area contributed by atoms with Crippen molar-refractivity contribution < 1.29 is 14.4 Å². The summed E-state index contributed by atoms with van der Waals surface area (Å²) in [6, 6.07) is 25.2. The van der Waals surface area contributed by atoms with E-state index in [1.165, 1.54) is 11.3 Å². The van der Waals surface area contributed by atoms with Crippen LogP contribution in [0.5, 0.6) is 0 Å². The Morgan fingerprint density at radius 1 is 0.978 bits per heavy atom.